The molecule has 1 heterocycles. The van der Waals surface area contributed by atoms with Crippen LogP contribution in [0.1, 0.15) is 5.76 Å². The Morgan fingerprint density at radius 2 is 2.00 bits per heavy atom. The summed E-state index contributed by atoms with van der Waals surface area (Å²) < 4.78 is 43.0. The normalized spacial score (nSPS) is 11.7. The van der Waals surface area contributed by atoms with E-state index in [-0.39, 0.29) is 10.6 Å². The van der Waals surface area contributed by atoms with Crippen LogP contribution in [0.5, 0.6) is 11.5 Å². The van der Waals surface area contributed by atoms with Crippen molar-refractivity contribution in [2.45, 2.75) is 4.90 Å². The molecule has 2 rings (SSSR count). The highest BCUT2D eigenvalue weighted by atomic mass is 32.2. The number of hydrogen-bond donors (Lipinski definition) is 0. The fourth-order valence-electron chi connectivity index (χ4n) is 1.53. The summed E-state index contributed by atoms with van der Waals surface area (Å²) in [6.07, 6.45) is 2.56. The van der Waals surface area contributed by atoms with Crippen LogP contribution in [0.15, 0.2) is 50.3 Å². The fraction of sp³-hybridized carbons (Fsp3) is 0.154. The summed E-state index contributed by atoms with van der Waals surface area (Å²) >= 11 is 0. The second-order valence-corrected chi connectivity index (χ2v) is 5.34. The van der Waals surface area contributed by atoms with Crippen molar-refractivity contribution in [3.63, 3.8) is 0 Å². The highest BCUT2D eigenvalue weighted by molar-refractivity contribution is 7.90. The molecule has 0 atom stereocenters. The zero-order valence-electron chi connectivity index (χ0n) is 10.9. The summed E-state index contributed by atoms with van der Waals surface area (Å²) in [5.41, 5.74) is 0. The number of benzene rings is 1. The van der Waals surface area contributed by atoms with Crippen LogP contribution in [0, 0.1) is 0 Å². The van der Waals surface area contributed by atoms with Crippen LogP contribution in [0.3, 0.4) is 0 Å². The Balaban J connectivity index is 2.42. The third kappa shape index (κ3) is 3.00. The molecule has 0 amide bonds. The van der Waals surface area contributed by atoms with Gasteiger partial charge in [0.2, 0.25) is 0 Å². The maximum absolute atomic E-state index is 12.2. The van der Waals surface area contributed by atoms with Gasteiger partial charge in [-0.2, -0.15) is 12.8 Å². The van der Waals surface area contributed by atoms with Crippen LogP contribution in [0.2, 0.25) is 0 Å². The largest absolute Gasteiger partial charge is 0.497 e. The van der Waals surface area contributed by atoms with Gasteiger partial charge in [-0.25, -0.2) is 0 Å². The van der Waals surface area contributed by atoms with Crippen molar-refractivity contribution in [3.05, 3.63) is 42.4 Å². The third-order valence-electron chi connectivity index (χ3n) is 2.51. The van der Waals surface area contributed by atoms with Gasteiger partial charge in [-0.3, -0.25) is 0 Å². The van der Waals surface area contributed by atoms with Crippen LogP contribution in [0.4, 0.5) is 0 Å². The van der Waals surface area contributed by atoms with Gasteiger partial charge in [0.1, 0.15) is 22.2 Å². The summed E-state index contributed by atoms with van der Waals surface area (Å²) in [6.45, 7) is 0. The SMILES string of the molecule is COc1ccc(OC)c(S(=O)(=O)/N=C/c2ccco2)c1. The first-order valence-corrected chi connectivity index (χ1v) is 7.06. The fourth-order valence-corrected chi connectivity index (χ4v) is 2.56. The van der Waals surface area contributed by atoms with Gasteiger partial charge >= 0.3 is 0 Å². The molecule has 1 aromatic carbocycles. The van der Waals surface area contributed by atoms with E-state index < -0.39 is 10.0 Å². The predicted molar refractivity (Wildman–Crippen MR) is 73.0 cm³/mol. The molecule has 6 nitrogen and oxygen atoms in total. The Kier molecular flexibility index (Phi) is 4.09. The van der Waals surface area contributed by atoms with Gasteiger partial charge in [0.05, 0.1) is 26.7 Å². The molecule has 1 aromatic heterocycles. The lowest BCUT2D eigenvalue weighted by Gasteiger charge is -2.08. The van der Waals surface area contributed by atoms with E-state index in [1.54, 1.807) is 18.2 Å². The van der Waals surface area contributed by atoms with E-state index in [1.807, 2.05) is 0 Å². The lowest BCUT2D eigenvalue weighted by molar-refractivity contribution is 0.392. The first-order chi connectivity index (χ1) is 9.56. The van der Waals surface area contributed by atoms with Crippen molar-refractivity contribution < 1.29 is 22.3 Å². The molecular weight excluding hydrogens is 282 g/mol. The van der Waals surface area contributed by atoms with Crippen molar-refractivity contribution in [2.75, 3.05) is 14.2 Å². The predicted octanol–water partition coefficient (Wildman–Crippen LogP) is 2.10. The molecule has 0 fully saturated rings. The number of ether oxygens (including phenoxy) is 2. The molecular formula is C13H13NO5S. The summed E-state index contributed by atoms with van der Waals surface area (Å²) in [4.78, 5) is -0.0674. The molecule has 0 aliphatic rings. The average Bonchev–Trinajstić information content (AvgIpc) is 2.98. The minimum atomic E-state index is -3.91. The monoisotopic (exact) mass is 295 g/mol. The van der Waals surface area contributed by atoms with Crippen LogP contribution < -0.4 is 9.47 Å². The summed E-state index contributed by atoms with van der Waals surface area (Å²) in [6, 6.07) is 7.71. The Morgan fingerprint density at radius 3 is 2.60 bits per heavy atom. The molecule has 0 unspecified atom stereocenters. The molecule has 0 aliphatic carbocycles. The van der Waals surface area contributed by atoms with Gasteiger partial charge in [-0.15, -0.1) is 0 Å². The van der Waals surface area contributed by atoms with E-state index in [2.05, 4.69) is 4.40 Å². The van der Waals surface area contributed by atoms with Crippen molar-refractivity contribution in [1.29, 1.82) is 0 Å². The van der Waals surface area contributed by atoms with Gasteiger partial charge < -0.3 is 13.9 Å². The molecule has 0 bridgehead atoms. The maximum atomic E-state index is 12.2. The molecule has 7 heteroatoms. The quantitative estimate of drug-likeness (QED) is 0.789. The summed E-state index contributed by atoms with van der Waals surface area (Å²) in [5, 5.41) is 0. The molecule has 0 saturated carbocycles. The highest BCUT2D eigenvalue weighted by Crippen LogP contribution is 2.29. The van der Waals surface area contributed by atoms with Crippen LogP contribution in [-0.4, -0.2) is 28.9 Å². The van der Waals surface area contributed by atoms with Gasteiger partial charge in [0.15, 0.2) is 0 Å². The van der Waals surface area contributed by atoms with E-state index in [1.165, 1.54) is 32.6 Å². The molecule has 0 N–H and O–H groups in total. The Bertz CT molecular complexity index is 704. The Morgan fingerprint density at radius 1 is 1.20 bits per heavy atom. The molecule has 20 heavy (non-hydrogen) atoms. The highest BCUT2D eigenvalue weighted by Gasteiger charge is 2.19. The van der Waals surface area contributed by atoms with E-state index in [0.29, 0.717) is 11.5 Å². The maximum Gasteiger partial charge on any atom is 0.286 e. The standard InChI is InChI=1S/C13H13NO5S/c1-17-10-5-6-12(18-2)13(8-10)20(15,16)14-9-11-4-3-7-19-11/h3-9H,1-2H3/b14-9+. The molecule has 2 aromatic rings. The summed E-state index contributed by atoms with van der Waals surface area (Å²) in [7, 11) is -1.07. The van der Waals surface area contributed by atoms with Gasteiger partial charge in [-0.1, -0.05) is 0 Å². The van der Waals surface area contributed by atoms with Crippen molar-refractivity contribution in [3.8, 4) is 11.5 Å². The number of sulfonamides is 1. The zero-order valence-corrected chi connectivity index (χ0v) is 11.8. The van der Waals surface area contributed by atoms with Crippen molar-refractivity contribution >= 4 is 16.2 Å². The van der Waals surface area contributed by atoms with Gasteiger partial charge in [0.25, 0.3) is 10.0 Å². The molecule has 0 spiro atoms. The second kappa shape index (κ2) is 5.79. The molecule has 0 radical (unpaired) electrons. The minimum Gasteiger partial charge on any atom is -0.497 e. The summed E-state index contributed by atoms with van der Waals surface area (Å²) in [5.74, 6) is 0.940. The van der Waals surface area contributed by atoms with Crippen molar-refractivity contribution in [2.24, 2.45) is 4.40 Å². The first kappa shape index (κ1) is 14.1. The van der Waals surface area contributed by atoms with E-state index in [9.17, 15) is 8.42 Å². The zero-order chi connectivity index (χ0) is 14.6. The number of methoxy groups -OCH3 is 2. The lowest BCUT2D eigenvalue weighted by atomic mass is 10.3. The number of hydrogen-bond acceptors (Lipinski definition) is 5. The lowest BCUT2D eigenvalue weighted by Crippen LogP contribution is -2.01. The number of furan rings is 1. The van der Waals surface area contributed by atoms with E-state index >= 15 is 0 Å². The molecule has 106 valence electrons. The second-order valence-electron chi connectivity index (χ2n) is 3.74. The number of rotatable bonds is 5. The van der Waals surface area contributed by atoms with Gasteiger partial charge in [0, 0.05) is 6.07 Å². The van der Waals surface area contributed by atoms with Gasteiger partial charge in [-0.05, 0) is 24.3 Å². The van der Waals surface area contributed by atoms with Crippen LogP contribution in [-0.2, 0) is 10.0 Å². The average molecular weight is 295 g/mol. The minimum absolute atomic E-state index is 0.0674. The topological polar surface area (TPSA) is 78.1 Å². The van der Waals surface area contributed by atoms with Crippen LogP contribution in [0.25, 0.3) is 0 Å². The first-order valence-electron chi connectivity index (χ1n) is 5.62. The molecule has 0 aliphatic heterocycles. The smallest absolute Gasteiger partial charge is 0.286 e. The third-order valence-corrected chi connectivity index (χ3v) is 3.77. The van der Waals surface area contributed by atoms with E-state index in [0.717, 1.165) is 6.21 Å². The van der Waals surface area contributed by atoms with Crippen LogP contribution >= 0.6 is 0 Å². The van der Waals surface area contributed by atoms with E-state index in [4.69, 9.17) is 13.9 Å². The Hall–Kier alpha value is -2.28. The van der Waals surface area contributed by atoms with Crippen molar-refractivity contribution in [1.82, 2.24) is 0 Å². The molecule has 0 saturated heterocycles. The number of nitrogens with zero attached hydrogens (tertiary/aromatic N) is 1. The Labute approximate surface area is 116 Å².